The number of carbonyl (C=O) groups is 2. The molecule has 0 fully saturated rings. The molecule has 2 aromatic carbocycles. The monoisotopic (exact) mass is 424 g/mol. The molecular weight excluding hydrogens is 404 g/mol. The van der Waals surface area contributed by atoms with E-state index in [4.69, 9.17) is 16.3 Å². The second-order valence-corrected chi connectivity index (χ2v) is 7.40. The van der Waals surface area contributed by atoms with Gasteiger partial charge in [-0.3, -0.25) is 9.59 Å². The molecule has 1 aliphatic rings. The van der Waals surface area contributed by atoms with Crippen molar-refractivity contribution in [3.63, 3.8) is 0 Å². The maximum Gasteiger partial charge on any atom is 0.251 e. The molecule has 154 valence electrons. The maximum absolute atomic E-state index is 12.6. The van der Waals surface area contributed by atoms with Crippen LogP contribution in [-0.2, 0) is 16.0 Å². The SMILES string of the molecule is CCc1nn2c(c1-c1cccc(Cl)c1)NC(=O)C2CC(=O)Nc1cccc(OC)c1. The molecule has 0 spiro atoms. The van der Waals surface area contributed by atoms with Gasteiger partial charge in [-0.1, -0.05) is 36.7 Å². The molecule has 1 unspecified atom stereocenters. The van der Waals surface area contributed by atoms with Gasteiger partial charge in [0, 0.05) is 22.3 Å². The first-order valence-corrected chi connectivity index (χ1v) is 10.00. The van der Waals surface area contributed by atoms with E-state index < -0.39 is 6.04 Å². The molecule has 0 bridgehead atoms. The number of aromatic nitrogens is 2. The molecule has 30 heavy (non-hydrogen) atoms. The number of fused-ring (bicyclic) bond motifs is 1. The van der Waals surface area contributed by atoms with Gasteiger partial charge in [0.1, 0.15) is 17.6 Å². The maximum atomic E-state index is 12.6. The molecule has 1 atom stereocenters. The average molecular weight is 425 g/mol. The lowest BCUT2D eigenvalue weighted by atomic mass is 10.0. The Labute approximate surface area is 179 Å². The van der Waals surface area contributed by atoms with Gasteiger partial charge in [-0.15, -0.1) is 0 Å². The van der Waals surface area contributed by atoms with Crippen molar-refractivity contribution in [1.29, 1.82) is 0 Å². The number of amides is 2. The van der Waals surface area contributed by atoms with Crippen LogP contribution in [-0.4, -0.2) is 28.7 Å². The molecule has 4 rings (SSSR count). The highest BCUT2D eigenvalue weighted by molar-refractivity contribution is 6.30. The molecule has 0 radical (unpaired) electrons. The van der Waals surface area contributed by atoms with Gasteiger partial charge in [-0.05, 0) is 36.2 Å². The van der Waals surface area contributed by atoms with Crippen molar-refractivity contribution in [3.8, 4) is 16.9 Å². The number of methoxy groups -OCH3 is 1. The van der Waals surface area contributed by atoms with E-state index in [-0.39, 0.29) is 18.2 Å². The van der Waals surface area contributed by atoms with Crippen LogP contribution in [0.3, 0.4) is 0 Å². The highest BCUT2D eigenvalue weighted by atomic mass is 35.5. The summed E-state index contributed by atoms with van der Waals surface area (Å²) in [4.78, 5) is 25.2. The quantitative estimate of drug-likeness (QED) is 0.618. The fourth-order valence-electron chi connectivity index (χ4n) is 3.60. The second-order valence-electron chi connectivity index (χ2n) is 6.97. The van der Waals surface area contributed by atoms with Gasteiger partial charge in [0.2, 0.25) is 5.91 Å². The summed E-state index contributed by atoms with van der Waals surface area (Å²) in [5.41, 5.74) is 3.16. The van der Waals surface area contributed by atoms with Crippen LogP contribution >= 0.6 is 11.6 Å². The van der Waals surface area contributed by atoms with Crippen LogP contribution in [0.5, 0.6) is 5.75 Å². The van der Waals surface area contributed by atoms with Gasteiger partial charge in [0.05, 0.1) is 19.2 Å². The molecule has 0 saturated carbocycles. The number of carbonyl (C=O) groups excluding carboxylic acids is 2. The van der Waals surface area contributed by atoms with E-state index in [2.05, 4.69) is 15.7 Å². The molecule has 1 aliphatic heterocycles. The first-order valence-electron chi connectivity index (χ1n) is 9.62. The number of hydrogen-bond donors (Lipinski definition) is 2. The van der Waals surface area contributed by atoms with E-state index in [0.29, 0.717) is 28.7 Å². The standard InChI is InChI=1S/C22H21ClN4O3/c1-3-17-20(13-6-4-7-14(23)10-13)21-25-22(29)18(27(21)26-17)12-19(28)24-15-8-5-9-16(11-15)30-2/h4-11,18H,3,12H2,1-2H3,(H,24,28)(H,25,29). The number of hydrogen-bond acceptors (Lipinski definition) is 4. The largest absolute Gasteiger partial charge is 0.497 e. The highest BCUT2D eigenvalue weighted by Crippen LogP contribution is 2.39. The molecule has 2 amide bonds. The number of halogens is 1. The summed E-state index contributed by atoms with van der Waals surface area (Å²) in [5, 5.41) is 10.9. The Morgan fingerprint density at radius 2 is 2.07 bits per heavy atom. The lowest BCUT2D eigenvalue weighted by Gasteiger charge is -2.11. The molecule has 3 aromatic rings. The van der Waals surface area contributed by atoms with E-state index in [1.54, 1.807) is 42.1 Å². The summed E-state index contributed by atoms with van der Waals surface area (Å²) in [6.07, 6.45) is 0.649. The van der Waals surface area contributed by atoms with Gasteiger partial charge >= 0.3 is 0 Å². The summed E-state index contributed by atoms with van der Waals surface area (Å²) in [5.74, 6) is 0.691. The molecule has 1 aromatic heterocycles. The third-order valence-corrected chi connectivity index (χ3v) is 5.24. The van der Waals surface area contributed by atoms with Crippen LogP contribution in [0.1, 0.15) is 25.1 Å². The van der Waals surface area contributed by atoms with Crippen LogP contribution in [0.25, 0.3) is 11.1 Å². The molecule has 8 heteroatoms. The van der Waals surface area contributed by atoms with E-state index in [1.165, 1.54) is 0 Å². The smallest absolute Gasteiger partial charge is 0.251 e. The normalized spacial score (nSPS) is 14.9. The lowest BCUT2D eigenvalue weighted by Crippen LogP contribution is -2.24. The number of benzene rings is 2. The first kappa shape index (κ1) is 20.0. The van der Waals surface area contributed by atoms with Crippen molar-refractivity contribution in [1.82, 2.24) is 9.78 Å². The zero-order valence-electron chi connectivity index (χ0n) is 16.6. The van der Waals surface area contributed by atoms with Crippen molar-refractivity contribution in [3.05, 3.63) is 59.2 Å². The summed E-state index contributed by atoms with van der Waals surface area (Å²) in [6.45, 7) is 2.00. The fourth-order valence-corrected chi connectivity index (χ4v) is 3.79. The Morgan fingerprint density at radius 1 is 1.27 bits per heavy atom. The number of nitrogens with one attached hydrogen (secondary N) is 2. The van der Waals surface area contributed by atoms with Gasteiger partial charge < -0.3 is 15.4 Å². The van der Waals surface area contributed by atoms with Gasteiger partial charge in [0.15, 0.2) is 0 Å². The Kier molecular flexibility index (Phi) is 5.46. The van der Waals surface area contributed by atoms with Crippen LogP contribution in [0, 0.1) is 0 Å². The summed E-state index contributed by atoms with van der Waals surface area (Å²) in [7, 11) is 1.56. The molecule has 0 saturated heterocycles. The van der Waals surface area contributed by atoms with E-state index in [1.807, 2.05) is 25.1 Å². The number of rotatable bonds is 6. The van der Waals surface area contributed by atoms with Gasteiger partial charge in [-0.25, -0.2) is 4.68 Å². The second kappa shape index (κ2) is 8.20. The minimum Gasteiger partial charge on any atom is -0.497 e. The van der Waals surface area contributed by atoms with Crippen LogP contribution in [0.15, 0.2) is 48.5 Å². The van der Waals surface area contributed by atoms with Crippen LogP contribution in [0.4, 0.5) is 11.5 Å². The molecule has 2 N–H and O–H groups in total. The van der Waals surface area contributed by atoms with Crippen LogP contribution in [0.2, 0.25) is 5.02 Å². The molecular formula is C22H21ClN4O3. The van der Waals surface area contributed by atoms with E-state index in [0.717, 1.165) is 16.8 Å². The van der Waals surface area contributed by atoms with Gasteiger partial charge in [0.25, 0.3) is 5.91 Å². The number of nitrogens with zero attached hydrogens (tertiary/aromatic N) is 2. The van der Waals surface area contributed by atoms with Crippen molar-refractivity contribution in [2.75, 3.05) is 17.7 Å². The first-order chi connectivity index (χ1) is 14.5. The fraction of sp³-hybridized carbons (Fsp3) is 0.227. The zero-order valence-corrected chi connectivity index (χ0v) is 17.4. The average Bonchev–Trinajstić information content (AvgIpc) is 3.23. The molecule has 7 nitrogen and oxygen atoms in total. The Morgan fingerprint density at radius 3 is 2.80 bits per heavy atom. The summed E-state index contributed by atoms with van der Waals surface area (Å²) in [6, 6.07) is 13.8. The lowest BCUT2D eigenvalue weighted by molar-refractivity contribution is -0.123. The Hall–Kier alpha value is -3.32. The highest BCUT2D eigenvalue weighted by Gasteiger charge is 2.36. The third-order valence-electron chi connectivity index (χ3n) is 5.00. The van der Waals surface area contributed by atoms with E-state index >= 15 is 0 Å². The minimum atomic E-state index is -0.719. The Bertz CT molecular complexity index is 1130. The van der Waals surface area contributed by atoms with Crippen molar-refractivity contribution >= 4 is 34.9 Å². The summed E-state index contributed by atoms with van der Waals surface area (Å²) >= 11 is 6.16. The van der Waals surface area contributed by atoms with Gasteiger partial charge in [-0.2, -0.15) is 5.10 Å². The van der Waals surface area contributed by atoms with Crippen molar-refractivity contribution < 1.29 is 14.3 Å². The van der Waals surface area contributed by atoms with Crippen LogP contribution < -0.4 is 15.4 Å². The molecule has 0 aliphatic carbocycles. The van der Waals surface area contributed by atoms with E-state index in [9.17, 15) is 9.59 Å². The minimum absolute atomic E-state index is 0.0319. The zero-order chi connectivity index (χ0) is 21.3. The third kappa shape index (κ3) is 3.76. The van der Waals surface area contributed by atoms with Crippen molar-refractivity contribution in [2.24, 2.45) is 0 Å². The number of anilines is 2. The molecule has 2 heterocycles. The predicted molar refractivity (Wildman–Crippen MR) is 116 cm³/mol. The Balaban J connectivity index is 1.60. The summed E-state index contributed by atoms with van der Waals surface area (Å²) < 4.78 is 6.79. The topological polar surface area (TPSA) is 85.2 Å². The van der Waals surface area contributed by atoms with Crippen molar-refractivity contribution in [2.45, 2.75) is 25.8 Å². The predicted octanol–water partition coefficient (Wildman–Crippen LogP) is 4.30. The number of aryl methyl sites for hydroxylation is 1. The number of ether oxygens (including phenoxy) is 1.